The zero-order valence-corrected chi connectivity index (χ0v) is 11.7. The molecule has 1 heterocycles. The minimum Gasteiger partial charge on any atom is -0.313 e. The Morgan fingerprint density at radius 3 is 2.61 bits per heavy atom. The summed E-state index contributed by atoms with van der Waals surface area (Å²) in [6.07, 6.45) is 2.98. The molecule has 2 aromatic rings. The molecule has 0 saturated heterocycles. The number of aryl methyl sites for hydroxylation is 1. The van der Waals surface area contributed by atoms with E-state index in [1.54, 1.807) is 0 Å². The Bertz CT molecular complexity index is 518. The minimum atomic E-state index is 0.277. The van der Waals surface area contributed by atoms with E-state index < -0.39 is 0 Å². The monoisotopic (exact) mass is 306 g/mol. The largest absolute Gasteiger partial charge is 0.313 e. The number of nitrogens with one attached hydrogen (secondary N) is 2. The molecule has 1 aromatic heterocycles. The first-order valence-corrected chi connectivity index (χ1v) is 6.60. The molecule has 0 radical (unpaired) electrons. The molecule has 0 saturated carbocycles. The van der Waals surface area contributed by atoms with Gasteiger partial charge in [-0.25, -0.2) is 0 Å². The highest BCUT2D eigenvalue weighted by Gasteiger charge is 2.14. The SMILES string of the molecule is Cc1n[nH]nc1CC(CC=N)c1ccc(Br)cc1. The van der Waals surface area contributed by atoms with Crippen molar-refractivity contribution in [2.24, 2.45) is 0 Å². The molecule has 0 aliphatic heterocycles. The van der Waals surface area contributed by atoms with E-state index in [0.29, 0.717) is 6.42 Å². The highest BCUT2D eigenvalue weighted by Crippen LogP contribution is 2.25. The molecule has 1 unspecified atom stereocenters. The Hall–Kier alpha value is -1.49. The smallest absolute Gasteiger partial charge is 0.0860 e. The molecular weight excluding hydrogens is 292 g/mol. The Labute approximate surface area is 114 Å². The van der Waals surface area contributed by atoms with E-state index in [-0.39, 0.29) is 5.92 Å². The van der Waals surface area contributed by atoms with Gasteiger partial charge in [-0.1, -0.05) is 28.1 Å². The van der Waals surface area contributed by atoms with Crippen LogP contribution in [0.4, 0.5) is 0 Å². The van der Waals surface area contributed by atoms with Gasteiger partial charge in [-0.15, -0.1) is 0 Å². The summed E-state index contributed by atoms with van der Waals surface area (Å²) in [5.41, 5.74) is 3.14. The van der Waals surface area contributed by atoms with Gasteiger partial charge in [0, 0.05) is 10.9 Å². The number of rotatable bonds is 5. The van der Waals surface area contributed by atoms with Crippen LogP contribution in [0.1, 0.15) is 29.3 Å². The van der Waals surface area contributed by atoms with Crippen LogP contribution >= 0.6 is 15.9 Å². The van der Waals surface area contributed by atoms with Crippen LogP contribution in [-0.4, -0.2) is 21.6 Å². The van der Waals surface area contributed by atoms with Crippen LogP contribution < -0.4 is 0 Å². The summed E-state index contributed by atoms with van der Waals surface area (Å²) in [5, 5.41) is 18.2. The molecule has 0 bridgehead atoms. The normalized spacial score (nSPS) is 12.3. The van der Waals surface area contributed by atoms with Crippen LogP contribution in [0.25, 0.3) is 0 Å². The van der Waals surface area contributed by atoms with E-state index in [1.807, 2.05) is 19.1 Å². The second-order valence-electron chi connectivity index (χ2n) is 4.25. The first-order chi connectivity index (χ1) is 8.70. The molecule has 1 atom stereocenters. The predicted molar refractivity (Wildman–Crippen MR) is 75.1 cm³/mol. The molecule has 94 valence electrons. The standard InChI is InChI=1S/C13H15BrN4/c1-9-13(17-18-16-9)8-11(6-7-15)10-2-4-12(14)5-3-10/h2-5,7,11,15H,6,8H2,1H3,(H,16,17,18). The number of halogens is 1. The lowest BCUT2D eigenvalue weighted by atomic mass is 9.91. The van der Waals surface area contributed by atoms with Gasteiger partial charge in [0.2, 0.25) is 0 Å². The van der Waals surface area contributed by atoms with Gasteiger partial charge in [-0.3, -0.25) is 0 Å². The van der Waals surface area contributed by atoms with E-state index in [1.165, 1.54) is 11.8 Å². The zero-order valence-electron chi connectivity index (χ0n) is 10.2. The molecule has 2 rings (SSSR count). The van der Waals surface area contributed by atoms with Crippen molar-refractivity contribution >= 4 is 22.1 Å². The van der Waals surface area contributed by atoms with Gasteiger partial charge in [0.1, 0.15) is 0 Å². The molecule has 4 nitrogen and oxygen atoms in total. The van der Waals surface area contributed by atoms with Gasteiger partial charge in [-0.05, 0) is 43.2 Å². The van der Waals surface area contributed by atoms with E-state index >= 15 is 0 Å². The first-order valence-electron chi connectivity index (χ1n) is 5.81. The summed E-state index contributed by atoms with van der Waals surface area (Å²) in [5.74, 6) is 0.277. The number of aromatic amines is 1. The second kappa shape index (κ2) is 5.91. The molecule has 5 heteroatoms. The van der Waals surface area contributed by atoms with Crippen molar-refractivity contribution in [3.05, 3.63) is 45.7 Å². The quantitative estimate of drug-likeness (QED) is 0.833. The Kier molecular flexibility index (Phi) is 4.25. The fraction of sp³-hybridized carbons (Fsp3) is 0.308. The van der Waals surface area contributed by atoms with Crippen molar-refractivity contribution in [2.75, 3.05) is 0 Å². The van der Waals surface area contributed by atoms with Crippen molar-refractivity contribution < 1.29 is 0 Å². The van der Waals surface area contributed by atoms with Crippen LogP contribution in [0.3, 0.4) is 0 Å². The van der Waals surface area contributed by atoms with Crippen LogP contribution in [0.5, 0.6) is 0 Å². The van der Waals surface area contributed by atoms with Crippen LogP contribution in [0.2, 0.25) is 0 Å². The first kappa shape index (κ1) is 13.0. The van der Waals surface area contributed by atoms with Crippen molar-refractivity contribution in [2.45, 2.75) is 25.7 Å². The maximum absolute atomic E-state index is 7.33. The van der Waals surface area contributed by atoms with E-state index in [4.69, 9.17) is 5.41 Å². The summed E-state index contributed by atoms with van der Waals surface area (Å²) in [6, 6.07) is 8.24. The lowest BCUT2D eigenvalue weighted by molar-refractivity contribution is 0.697. The van der Waals surface area contributed by atoms with Crippen LogP contribution in [-0.2, 0) is 6.42 Å². The Morgan fingerprint density at radius 1 is 1.33 bits per heavy atom. The van der Waals surface area contributed by atoms with Crippen molar-refractivity contribution in [1.82, 2.24) is 15.4 Å². The fourth-order valence-electron chi connectivity index (χ4n) is 1.95. The molecule has 0 spiro atoms. The second-order valence-corrected chi connectivity index (χ2v) is 5.16. The average Bonchev–Trinajstić information content (AvgIpc) is 2.76. The predicted octanol–water partition coefficient (Wildman–Crippen LogP) is 3.24. The van der Waals surface area contributed by atoms with Gasteiger partial charge >= 0.3 is 0 Å². The van der Waals surface area contributed by atoms with Gasteiger partial charge in [0.05, 0.1) is 11.4 Å². The van der Waals surface area contributed by atoms with Crippen LogP contribution in [0, 0.1) is 12.3 Å². The third-order valence-electron chi connectivity index (χ3n) is 3.00. The molecule has 0 fully saturated rings. The number of hydrogen-bond acceptors (Lipinski definition) is 3. The summed E-state index contributed by atoms with van der Waals surface area (Å²) >= 11 is 3.43. The molecule has 0 amide bonds. The zero-order chi connectivity index (χ0) is 13.0. The fourth-order valence-corrected chi connectivity index (χ4v) is 2.21. The summed E-state index contributed by atoms with van der Waals surface area (Å²) in [7, 11) is 0. The number of hydrogen-bond donors (Lipinski definition) is 2. The Morgan fingerprint density at radius 2 is 2.06 bits per heavy atom. The lowest BCUT2D eigenvalue weighted by Crippen LogP contribution is -2.05. The molecule has 0 aliphatic rings. The maximum Gasteiger partial charge on any atom is 0.0860 e. The minimum absolute atomic E-state index is 0.277. The summed E-state index contributed by atoms with van der Waals surface area (Å²) in [4.78, 5) is 0. The van der Waals surface area contributed by atoms with Gasteiger partial charge < -0.3 is 5.41 Å². The highest BCUT2D eigenvalue weighted by molar-refractivity contribution is 9.10. The lowest BCUT2D eigenvalue weighted by Gasteiger charge is -2.14. The molecule has 2 N–H and O–H groups in total. The molecule has 18 heavy (non-hydrogen) atoms. The molecule has 0 aliphatic carbocycles. The third-order valence-corrected chi connectivity index (χ3v) is 3.53. The summed E-state index contributed by atoms with van der Waals surface area (Å²) in [6.45, 7) is 1.95. The number of aromatic nitrogens is 3. The number of H-pyrrole nitrogens is 1. The van der Waals surface area contributed by atoms with E-state index in [0.717, 1.165) is 22.3 Å². The number of benzene rings is 1. The average molecular weight is 307 g/mol. The number of nitrogens with zero attached hydrogens (tertiary/aromatic N) is 2. The highest BCUT2D eigenvalue weighted by atomic mass is 79.9. The molecular formula is C13H15BrN4. The van der Waals surface area contributed by atoms with Gasteiger partial charge in [-0.2, -0.15) is 15.4 Å². The topological polar surface area (TPSA) is 65.4 Å². The Balaban J connectivity index is 2.20. The van der Waals surface area contributed by atoms with E-state index in [2.05, 4.69) is 43.5 Å². The van der Waals surface area contributed by atoms with Crippen molar-refractivity contribution in [3.8, 4) is 0 Å². The van der Waals surface area contributed by atoms with E-state index in [9.17, 15) is 0 Å². The van der Waals surface area contributed by atoms with Gasteiger partial charge in [0.25, 0.3) is 0 Å². The maximum atomic E-state index is 7.33. The van der Waals surface area contributed by atoms with Crippen LogP contribution in [0.15, 0.2) is 28.7 Å². The third kappa shape index (κ3) is 3.04. The summed E-state index contributed by atoms with van der Waals surface area (Å²) < 4.78 is 1.07. The van der Waals surface area contributed by atoms with Gasteiger partial charge in [0.15, 0.2) is 0 Å². The van der Waals surface area contributed by atoms with Crippen molar-refractivity contribution in [3.63, 3.8) is 0 Å². The molecule has 1 aromatic carbocycles. The van der Waals surface area contributed by atoms with Crippen molar-refractivity contribution in [1.29, 1.82) is 5.41 Å².